The van der Waals surface area contributed by atoms with Gasteiger partial charge in [0.25, 0.3) is 0 Å². The molecule has 1 N–H and O–H groups in total. The second kappa shape index (κ2) is 6.48. The minimum atomic E-state index is -0.645. The first-order valence-corrected chi connectivity index (χ1v) is 6.33. The van der Waals surface area contributed by atoms with E-state index < -0.39 is 11.9 Å². The molecule has 0 bridgehead atoms. The second-order valence-corrected chi connectivity index (χ2v) is 4.66. The van der Waals surface area contributed by atoms with Gasteiger partial charge in [-0.3, -0.25) is 0 Å². The number of hydrogen-bond donors (Lipinski definition) is 1. The molecular weight excluding hydrogens is 262 g/mol. The highest BCUT2D eigenvalue weighted by atomic mass is 19.1. The lowest BCUT2D eigenvalue weighted by Crippen LogP contribution is -2.14. The molecule has 2 aromatic rings. The molecule has 0 aliphatic carbocycles. The van der Waals surface area contributed by atoms with Gasteiger partial charge in [0.1, 0.15) is 5.82 Å². The smallest absolute Gasteiger partial charge is 0.165 e. The van der Waals surface area contributed by atoms with Crippen LogP contribution in [-0.2, 0) is 12.8 Å². The Bertz CT molecular complexity index is 567. The fraction of sp³-hybridized carbons (Fsp3) is 0.250. The molecule has 20 heavy (non-hydrogen) atoms. The summed E-state index contributed by atoms with van der Waals surface area (Å²) in [7, 11) is 1.40. The Hall–Kier alpha value is -1.94. The molecule has 0 aliphatic rings. The Labute approximate surface area is 116 Å². The fourth-order valence-electron chi connectivity index (χ4n) is 2.07. The molecule has 1 atom stereocenters. The van der Waals surface area contributed by atoms with Crippen molar-refractivity contribution in [2.24, 2.45) is 0 Å². The predicted molar refractivity (Wildman–Crippen MR) is 72.8 cm³/mol. The Kier molecular flexibility index (Phi) is 4.69. The van der Waals surface area contributed by atoms with Crippen molar-refractivity contribution in [3.8, 4) is 5.75 Å². The van der Waals surface area contributed by atoms with Gasteiger partial charge < -0.3 is 9.84 Å². The molecule has 0 aliphatic heterocycles. The maximum atomic E-state index is 13.5. The van der Waals surface area contributed by atoms with E-state index in [1.165, 1.54) is 31.4 Å². The maximum Gasteiger partial charge on any atom is 0.165 e. The van der Waals surface area contributed by atoms with Crippen molar-refractivity contribution in [3.05, 3.63) is 65.2 Å². The Morgan fingerprint density at radius 3 is 2.20 bits per heavy atom. The van der Waals surface area contributed by atoms with Gasteiger partial charge in [-0.05, 0) is 48.2 Å². The summed E-state index contributed by atoms with van der Waals surface area (Å²) in [6.07, 6.45) is 0.0833. The third-order valence-corrected chi connectivity index (χ3v) is 3.07. The number of aliphatic hydroxyl groups excluding tert-OH is 1. The van der Waals surface area contributed by atoms with Crippen LogP contribution >= 0.6 is 0 Å². The molecule has 0 spiro atoms. The van der Waals surface area contributed by atoms with Crippen molar-refractivity contribution in [2.45, 2.75) is 18.9 Å². The van der Waals surface area contributed by atoms with Crippen LogP contribution in [0.2, 0.25) is 0 Å². The molecule has 1 unspecified atom stereocenters. The zero-order valence-electron chi connectivity index (χ0n) is 11.1. The number of halogens is 2. The van der Waals surface area contributed by atoms with Gasteiger partial charge in [-0.2, -0.15) is 0 Å². The SMILES string of the molecule is COc1ccc(CC(O)Cc2ccc(F)cc2)cc1F. The summed E-state index contributed by atoms with van der Waals surface area (Å²) >= 11 is 0. The van der Waals surface area contributed by atoms with Gasteiger partial charge in [-0.25, -0.2) is 8.78 Å². The largest absolute Gasteiger partial charge is 0.494 e. The van der Waals surface area contributed by atoms with Crippen LogP contribution in [0.25, 0.3) is 0 Å². The molecule has 106 valence electrons. The van der Waals surface area contributed by atoms with E-state index in [1.54, 1.807) is 18.2 Å². The standard InChI is InChI=1S/C16H16F2O2/c1-20-16-7-4-12(10-15(16)18)9-14(19)8-11-2-5-13(17)6-3-11/h2-7,10,14,19H,8-9H2,1H3. The van der Waals surface area contributed by atoms with Gasteiger partial charge in [0, 0.05) is 0 Å². The number of ether oxygens (including phenoxy) is 1. The van der Waals surface area contributed by atoms with E-state index in [4.69, 9.17) is 4.74 Å². The van der Waals surface area contributed by atoms with E-state index in [9.17, 15) is 13.9 Å². The molecule has 0 aromatic heterocycles. The lowest BCUT2D eigenvalue weighted by atomic mass is 10.0. The van der Waals surface area contributed by atoms with Crippen molar-refractivity contribution in [1.29, 1.82) is 0 Å². The van der Waals surface area contributed by atoms with Crippen LogP contribution < -0.4 is 4.74 Å². The number of methoxy groups -OCH3 is 1. The zero-order chi connectivity index (χ0) is 14.5. The summed E-state index contributed by atoms with van der Waals surface area (Å²) in [5.41, 5.74) is 1.53. The highest BCUT2D eigenvalue weighted by Crippen LogP contribution is 2.19. The second-order valence-electron chi connectivity index (χ2n) is 4.66. The summed E-state index contributed by atoms with van der Waals surface area (Å²) in [6.45, 7) is 0. The number of benzene rings is 2. The van der Waals surface area contributed by atoms with Crippen molar-refractivity contribution < 1.29 is 18.6 Å². The molecule has 0 saturated carbocycles. The van der Waals surface area contributed by atoms with E-state index in [2.05, 4.69) is 0 Å². The average Bonchev–Trinajstić information content (AvgIpc) is 2.41. The van der Waals surface area contributed by atoms with Crippen molar-refractivity contribution in [2.75, 3.05) is 7.11 Å². The zero-order valence-corrected chi connectivity index (χ0v) is 11.1. The Morgan fingerprint density at radius 2 is 1.60 bits per heavy atom. The summed E-state index contributed by atoms with van der Waals surface area (Å²) in [6, 6.07) is 10.6. The van der Waals surface area contributed by atoms with Crippen LogP contribution in [0.15, 0.2) is 42.5 Å². The number of rotatable bonds is 5. The van der Waals surface area contributed by atoms with Crippen molar-refractivity contribution in [1.82, 2.24) is 0 Å². The van der Waals surface area contributed by atoms with Crippen LogP contribution in [0.3, 0.4) is 0 Å². The molecule has 4 heteroatoms. The van der Waals surface area contributed by atoms with Crippen LogP contribution in [0, 0.1) is 11.6 Å². The normalized spacial score (nSPS) is 12.2. The number of aliphatic hydroxyl groups is 1. The van der Waals surface area contributed by atoms with Crippen molar-refractivity contribution >= 4 is 0 Å². The molecule has 0 radical (unpaired) electrons. The average molecular weight is 278 g/mol. The van der Waals surface area contributed by atoms with Crippen molar-refractivity contribution in [3.63, 3.8) is 0 Å². The predicted octanol–water partition coefficient (Wildman–Crippen LogP) is 3.12. The van der Waals surface area contributed by atoms with Gasteiger partial charge in [-0.15, -0.1) is 0 Å². The van der Waals surface area contributed by atoms with E-state index in [-0.39, 0.29) is 11.6 Å². The quantitative estimate of drug-likeness (QED) is 0.910. The van der Waals surface area contributed by atoms with Gasteiger partial charge in [0.2, 0.25) is 0 Å². The molecule has 2 aromatic carbocycles. The van der Waals surface area contributed by atoms with E-state index >= 15 is 0 Å². The topological polar surface area (TPSA) is 29.5 Å². The van der Waals surface area contributed by atoms with Crippen LogP contribution in [0.1, 0.15) is 11.1 Å². The lowest BCUT2D eigenvalue weighted by Gasteiger charge is -2.11. The Balaban J connectivity index is 1.99. The summed E-state index contributed by atoms with van der Waals surface area (Å²) in [5.74, 6) is -0.568. The summed E-state index contributed by atoms with van der Waals surface area (Å²) in [4.78, 5) is 0. The van der Waals surface area contributed by atoms with Gasteiger partial charge in [0.05, 0.1) is 13.2 Å². The first-order valence-electron chi connectivity index (χ1n) is 6.33. The molecule has 0 amide bonds. The molecule has 0 heterocycles. The first-order chi connectivity index (χ1) is 9.58. The molecule has 0 fully saturated rings. The van der Waals surface area contributed by atoms with Crippen LogP contribution in [0.4, 0.5) is 8.78 Å². The monoisotopic (exact) mass is 278 g/mol. The van der Waals surface area contributed by atoms with Crippen LogP contribution in [-0.4, -0.2) is 18.3 Å². The minimum absolute atomic E-state index is 0.182. The molecule has 2 rings (SSSR count). The summed E-state index contributed by atoms with van der Waals surface area (Å²) < 4.78 is 31.1. The highest BCUT2D eigenvalue weighted by Gasteiger charge is 2.10. The highest BCUT2D eigenvalue weighted by molar-refractivity contribution is 5.30. The fourth-order valence-corrected chi connectivity index (χ4v) is 2.07. The summed E-state index contributed by atoms with van der Waals surface area (Å²) in [5, 5.41) is 10.00. The first kappa shape index (κ1) is 14.5. The number of hydrogen-bond acceptors (Lipinski definition) is 2. The molecule has 2 nitrogen and oxygen atoms in total. The van der Waals surface area contributed by atoms with Crippen LogP contribution in [0.5, 0.6) is 5.75 Å². The van der Waals surface area contributed by atoms with Gasteiger partial charge >= 0.3 is 0 Å². The third-order valence-electron chi connectivity index (χ3n) is 3.07. The lowest BCUT2D eigenvalue weighted by molar-refractivity contribution is 0.175. The van der Waals surface area contributed by atoms with E-state index in [0.717, 1.165) is 5.56 Å². The minimum Gasteiger partial charge on any atom is -0.494 e. The molecule has 0 saturated heterocycles. The van der Waals surface area contributed by atoms with Gasteiger partial charge in [-0.1, -0.05) is 18.2 Å². The maximum absolute atomic E-state index is 13.5. The van der Waals surface area contributed by atoms with Gasteiger partial charge in [0.15, 0.2) is 11.6 Å². The van der Waals surface area contributed by atoms with E-state index in [0.29, 0.717) is 18.4 Å². The Morgan fingerprint density at radius 1 is 1.00 bits per heavy atom. The third kappa shape index (κ3) is 3.78. The molecular formula is C16H16F2O2. The van der Waals surface area contributed by atoms with E-state index in [1.807, 2.05) is 0 Å².